The van der Waals surface area contributed by atoms with Crippen molar-refractivity contribution in [3.05, 3.63) is 40.2 Å². The quantitative estimate of drug-likeness (QED) is 0.397. The number of carbonyl (C=O) groups is 1. The number of benzene rings is 1. The number of aromatic amines is 1. The first-order valence-electron chi connectivity index (χ1n) is 5.89. The minimum absolute atomic E-state index is 0.132. The van der Waals surface area contributed by atoms with Gasteiger partial charge < -0.3 is 5.32 Å². The third-order valence-corrected chi connectivity index (χ3v) is 6.37. The molecular formula is C13H12I3N3O. The Labute approximate surface area is 158 Å². The van der Waals surface area contributed by atoms with Crippen LogP contribution in [-0.2, 0) is 0 Å². The number of nitrogens with one attached hydrogen (secondary N) is 2. The minimum Gasteiger partial charge on any atom is -0.305 e. The molecule has 1 aromatic carbocycles. The van der Waals surface area contributed by atoms with Gasteiger partial charge in [-0.3, -0.25) is 9.89 Å². The van der Waals surface area contributed by atoms with E-state index in [1.807, 2.05) is 18.2 Å². The largest absolute Gasteiger partial charge is 0.305 e. The molecule has 0 aliphatic heterocycles. The van der Waals surface area contributed by atoms with E-state index < -0.39 is 0 Å². The lowest BCUT2D eigenvalue weighted by molar-refractivity contribution is 0.102. The smallest absolute Gasteiger partial charge is 0.258 e. The number of nitrogens with zero attached hydrogens (tertiary/aromatic N) is 1. The number of hydrogen-bond donors (Lipinski definition) is 2. The highest BCUT2D eigenvalue weighted by Gasteiger charge is 2.15. The summed E-state index contributed by atoms with van der Waals surface area (Å²) in [6.45, 7) is 4.15. The minimum atomic E-state index is -0.132. The number of amides is 1. The van der Waals surface area contributed by atoms with Gasteiger partial charge in [0.25, 0.3) is 5.91 Å². The van der Waals surface area contributed by atoms with Crippen molar-refractivity contribution in [2.45, 2.75) is 19.8 Å². The Hall–Kier alpha value is 0.0900. The molecule has 0 radical (unpaired) electrons. The Morgan fingerprint density at radius 3 is 2.55 bits per heavy atom. The van der Waals surface area contributed by atoms with E-state index >= 15 is 0 Å². The number of hydrogen-bond acceptors (Lipinski definition) is 2. The second-order valence-electron chi connectivity index (χ2n) is 4.57. The van der Waals surface area contributed by atoms with Crippen LogP contribution in [0.3, 0.4) is 0 Å². The van der Waals surface area contributed by atoms with Crippen molar-refractivity contribution in [3.8, 4) is 0 Å². The maximum absolute atomic E-state index is 12.3. The van der Waals surface area contributed by atoms with Crippen molar-refractivity contribution < 1.29 is 4.79 Å². The number of H-pyrrole nitrogens is 1. The summed E-state index contributed by atoms with van der Waals surface area (Å²) in [6.07, 6.45) is 0. The highest BCUT2D eigenvalue weighted by atomic mass is 127. The zero-order chi connectivity index (χ0) is 14.9. The molecule has 2 rings (SSSR count). The lowest BCUT2D eigenvalue weighted by Crippen LogP contribution is -2.14. The van der Waals surface area contributed by atoms with Gasteiger partial charge in [-0.15, -0.1) is 0 Å². The lowest BCUT2D eigenvalue weighted by atomic mass is 10.1. The summed E-state index contributed by atoms with van der Waals surface area (Å²) >= 11 is 6.65. The first-order chi connectivity index (χ1) is 9.38. The van der Waals surface area contributed by atoms with Gasteiger partial charge in [0.15, 0.2) is 5.82 Å². The van der Waals surface area contributed by atoms with Crippen LogP contribution in [0.5, 0.6) is 0 Å². The molecule has 0 bridgehead atoms. The molecule has 1 aromatic heterocycles. The Balaban J connectivity index is 2.23. The van der Waals surface area contributed by atoms with Gasteiger partial charge in [-0.05, 0) is 85.8 Å². The molecule has 7 heteroatoms. The first kappa shape index (κ1) is 16.5. The van der Waals surface area contributed by atoms with E-state index in [4.69, 9.17) is 0 Å². The van der Waals surface area contributed by atoms with Gasteiger partial charge in [0.1, 0.15) is 0 Å². The van der Waals surface area contributed by atoms with Crippen LogP contribution >= 0.6 is 67.8 Å². The Bertz CT molecular complexity index is 652. The van der Waals surface area contributed by atoms with Gasteiger partial charge in [-0.2, -0.15) is 5.10 Å². The van der Waals surface area contributed by atoms with Crippen LogP contribution in [0.2, 0.25) is 0 Å². The number of halogens is 3. The van der Waals surface area contributed by atoms with Crippen molar-refractivity contribution in [3.63, 3.8) is 0 Å². The number of aromatic nitrogens is 2. The van der Waals surface area contributed by atoms with Gasteiger partial charge in [0, 0.05) is 22.5 Å². The summed E-state index contributed by atoms with van der Waals surface area (Å²) in [6, 6.07) is 5.80. The molecule has 0 atom stereocenters. The van der Waals surface area contributed by atoms with Gasteiger partial charge in [0.2, 0.25) is 0 Å². The van der Waals surface area contributed by atoms with Crippen LogP contribution in [0.25, 0.3) is 0 Å². The van der Waals surface area contributed by atoms with Crippen LogP contribution in [-0.4, -0.2) is 16.1 Å². The predicted octanol–water partition coefficient (Wildman–Crippen LogP) is 4.60. The van der Waals surface area contributed by atoms with Crippen molar-refractivity contribution in [2.24, 2.45) is 0 Å². The maximum atomic E-state index is 12.3. The van der Waals surface area contributed by atoms with Crippen LogP contribution in [0.4, 0.5) is 5.82 Å². The summed E-state index contributed by atoms with van der Waals surface area (Å²) in [7, 11) is 0. The molecule has 0 saturated carbocycles. The highest BCUT2D eigenvalue weighted by Crippen LogP contribution is 2.24. The fourth-order valence-corrected chi connectivity index (χ4v) is 4.00. The summed E-state index contributed by atoms with van der Waals surface area (Å²) in [4.78, 5) is 12.3. The third kappa shape index (κ3) is 3.84. The molecule has 0 fully saturated rings. The second kappa shape index (κ2) is 6.90. The van der Waals surface area contributed by atoms with E-state index in [2.05, 4.69) is 97.1 Å². The van der Waals surface area contributed by atoms with Crippen molar-refractivity contribution >= 4 is 79.5 Å². The lowest BCUT2D eigenvalue weighted by Gasteiger charge is -2.07. The zero-order valence-corrected chi connectivity index (χ0v) is 17.3. The molecule has 2 aromatic rings. The van der Waals surface area contributed by atoms with Crippen LogP contribution in [0.15, 0.2) is 18.2 Å². The van der Waals surface area contributed by atoms with Gasteiger partial charge in [0.05, 0.1) is 5.56 Å². The predicted molar refractivity (Wildman–Crippen MR) is 105 cm³/mol. The van der Waals surface area contributed by atoms with E-state index in [0.29, 0.717) is 17.3 Å². The van der Waals surface area contributed by atoms with E-state index in [-0.39, 0.29) is 5.91 Å². The monoisotopic (exact) mass is 607 g/mol. The summed E-state index contributed by atoms with van der Waals surface area (Å²) < 4.78 is 3.08. The molecule has 0 unspecified atom stereocenters. The Morgan fingerprint density at radius 2 is 1.95 bits per heavy atom. The van der Waals surface area contributed by atoms with Gasteiger partial charge in [-0.25, -0.2) is 0 Å². The fraction of sp³-hybridized carbons (Fsp3) is 0.231. The third-order valence-electron chi connectivity index (χ3n) is 2.70. The first-order valence-corrected chi connectivity index (χ1v) is 9.13. The summed E-state index contributed by atoms with van der Waals surface area (Å²) in [5.41, 5.74) is 1.68. The number of rotatable bonds is 3. The zero-order valence-electron chi connectivity index (χ0n) is 10.8. The molecular weight excluding hydrogens is 595 g/mol. The average molecular weight is 607 g/mol. The SMILES string of the molecule is CC(C)c1cc(NC(=O)c2cc(I)cc(I)c2I)n[nH]1. The number of carbonyl (C=O) groups excluding carboxylic acids is 1. The van der Waals surface area contributed by atoms with Gasteiger partial charge >= 0.3 is 0 Å². The van der Waals surface area contributed by atoms with Crippen LogP contribution in [0.1, 0.15) is 35.8 Å². The molecule has 1 heterocycles. The normalized spacial score (nSPS) is 10.9. The fourth-order valence-electron chi connectivity index (χ4n) is 1.60. The van der Waals surface area contributed by atoms with E-state index in [1.165, 1.54) is 0 Å². The van der Waals surface area contributed by atoms with E-state index in [9.17, 15) is 4.79 Å². The molecule has 1 amide bonds. The van der Waals surface area contributed by atoms with E-state index in [1.54, 1.807) is 0 Å². The molecule has 4 nitrogen and oxygen atoms in total. The van der Waals surface area contributed by atoms with Crippen molar-refractivity contribution in [2.75, 3.05) is 5.32 Å². The Kier molecular flexibility index (Phi) is 5.68. The molecule has 0 spiro atoms. The molecule has 106 valence electrons. The van der Waals surface area contributed by atoms with Crippen molar-refractivity contribution in [1.82, 2.24) is 10.2 Å². The molecule has 0 saturated heterocycles. The molecule has 0 aliphatic rings. The number of anilines is 1. The molecule has 20 heavy (non-hydrogen) atoms. The highest BCUT2D eigenvalue weighted by molar-refractivity contribution is 14.1. The topological polar surface area (TPSA) is 57.8 Å². The Morgan fingerprint density at radius 1 is 1.25 bits per heavy atom. The maximum Gasteiger partial charge on any atom is 0.258 e. The van der Waals surface area contributed by atoms with Crippen molar-refractivity contribution in [1.29, 1.82) is 0 Å². The van der Waals surface area contributed by atoms with Crippen LogP contribution < -0.4 is 5.32 Å². The summed E-state index contributed by atoms with van der Waals surface area (Å²) in [5.74, 6) is 0.780. The van der Waals surface area contributed by atoms with E-state index in [0.717, 1.165) is 16.4 Å². The summed E-state index contributed by atoms with van der Waals surface area (Å²) in [5, 5.41) is 9.88. The standard InChI is InChI=1S/C13H12I3N3O/c1-6(2)10-5-11(19-18-10)17-13(20)8-3-7(14)4-9(15)12(8)16/h3-6H,1-2H3,(H2,17,18,19,20). The molecule has 2 N–H and O–H groups in total. The second-order valence-corrected chi connectivity index (χ2v) is 8.05. The molecule has 0 aliphatic carbocycles. The van der Waals surface area contributed by atoms with Gasteiger partial charge in [-0.1, -0.05) is 13.8 Å². The average Bonchev–Trinajstić information content (AvgIpc) is 2.82. The van der Waals surface area contributed by atoms with Crippen LogP contribution in [0, 0.1) is 10.7 Å².